The first-order chi connectivity index (χ1) is 9.16. The Balaban J connectivity index is 2.20. The van der Waals surface area contributed by atoms with E-state index in [1.165, 1.54) is 11.3 Å². The van der Waals surface area contributed by atoms with E-state index in [-0.39, 0.29) is 12.5 Å². The maximum atomic E-state index is 11.9. The number of nitrogens with zero attached hydrogens (tertiary/aromatic N) is 2. The number of thiophene rings is 1. The van der Waals surface area contributed by atoms with Gasteiger partial charge in [-0.15, -0.1) is 11.3 Å². The van der Waals surface area contributed by atoms with E-state index in [2.05, 4.69) is 4.99 Å². The zero-order valence-electron chi connectivity index (χ0n) is 10.3. The summed E-state index contributed by atoms with van der Waals surface area (Å²) < 4.78 is 0.662. The quantitative estimate of drug-likeness (QED) is 0.794. The summed E-state index contributed by atoms with van der Waals surface area (Å²) in [4.78, 5) is 18.0. The summed E-state index contributed by atoms with van der Waals surface area (Å²) in [5.41, 5.74) is 2.76. The highest BCUT2D eigenvalue weighted by molar-refractivity contribution is 7.20. The number of likely N-dealkylation sites (N-methyl/N-ethyl adjacent to an activating group) is 1. The van der Waals surface area contributed by atoms with Crippen LogP contribution >= 0.6 is 22.9 Å². The van der Waals surface area contributed by atoms with Gasteiger partial charge in [0, 0.05) is 18.2 Å². The minimum atomic E-state index is -0.0225. The highest BCUT2D eigenvalue weighted by atomic mass is 35.5. The van der Waals surface area contributed by atoms with Crippen LogP contribution in [0.3, 0.4) is 0 Å². The van der Waals surface area contributed by atoms with Crippen LogP contribution in [0.2, 0.25) is 4.34 Å². The number of aliphatic imine (C=N–C) groups is 1. The molecule has 2 aromatic rings. The van der Waals surface area contributed by atoms with Gasteiger partial charge >= 0.3 is 0 Å². The molecule has 0 aliphatic carbocycles. The second kappa shape index (κ2) is 4.79. The molecule has 0 N–H and O–H groups in total. The smallest absolute Gasteiger partial charge is 0.249 e. The Morgan fingerprint density at radius 3 is 2.79 bits per heavy atom. The molecule has 3 rings (SSSR count). The van der Waals surface area contributed by atoms with Crippen molar-refractivity contribution in [2.45, 2.75) is 0 Å². The number of carbonyl (C=O) groups excluding carboxylic acids is 1. The van der Waals surface area contributed by atoms with E-state index in [0.29, 0.717) is 4.34 Å². The van der Waals surface area contributed by atoms with Crippen molar-refractivity contribution in [1.82, 2.24) is 0 Å². The van der Waals surface area contributed by atoms with Crippen LogP contribution in [0.15, 0.2) is 41.4 Å². The van der Waals surface area contributed by atoms with Crippen LogP contribution in [-0.4, -0.2) is 25.2 Å². The summed E-state index contributed by atoms with van der Waals surface area (Å²) in [6, 6.07) is 11.7. The number of anilines is 1. The van der Waals surface area contributed by atoms with Gasteiger partial charge in [0.15, 0.2) is 0 Å². The lowest BCUT2D eigenvalue weighted by Gasteiger charge is -2.13. The third kappa shape index (κ3) is 2.17. The molecule has 1 aliphatic rings. The molecular weight excluding hydrogens is 280 g/mol. The molecule has 0 bridgehead atoms. The molecule has 19 heavy (non-hydrogen) atoms. The standard InChI is InChI=1S/C14H11ClN2OS/c1-17-12(18)8-16-13(9-5-3-2-4-6-9)10-7-11(15)19-14(10)17/h2-7H,8H2,1H3. The number of benzene rings is 1. The first-order valence-electron chi connectivity index (χ1n) is 5.83. The Kier molecular flexibility index (Phi) is 3.12. The summed E-state index contributed by atoms with van der Waals surface area (Å²) in [5.74, 6) is -0.0225. The van der Waals surface area contributed by atoms with E-state index in [4.69, 9.17) is 11.6 Å². The second-order valence-corrected chi connectivity index (χ2v) is 5.91. The normalized spacial score (nSPS) is 14.9. The van der Waals surface area contributed by atoms with Crippen LogP contribution < -0.4 is 4.90 Å². The van der Waals surface area contributed by atoms with E-state index >= 15 is 0 Å². The minimum absolute atomic E-state index is 0.0225. The lowest BCUT2D eigenvalue weighted by Crippen LogP contribution is -2.26. The number of hydrogen-bond acceptors (Lipinski definition) is 3. The first kappa shape index (κ1) is 12.4. The molecule has 5 heteroatoms. The van der Waals surface area contributed by atoms with E-state index in [1.807, 2.05) is 36.4 Å². The predicted molar refractivity (Wildman–Crippen MR) is 79.7 cm³/mol. The van der Waals surface area contributed by atoms with Gasteiger partial charge in [-0.2, -0.15) is 0 Å². The van der Waals surface area contributed by atoms with Crippen molar-refractivity contribution in [3.05, 3.63) is 51.9 Å². The molecule has 3 nitrogen and oxygen atoms in total. The number of carbonyl (C=O) groups is 1. The summed E-state index contributed by atoms with van der Waals surface area (Å²) in [6.07, 6.45) is 0. The van der Waals surface area contributed by atoms with Crippen LogP contribution in [0.4, 0.5) is 5.00 Å². The van der Waals surface area contributed by atoms with Crippen molar-refractivity contribution in [2.24, 2.45) is 4.99 Å². The first-order valence-corrected chi connectivity index (χ1v) is 7.02. The third-order valence-electron chi connectivity index (χ3n) is 3.04. The average molecular weight is 291 g/mol. The van der Waals surface area contributed by atoms with Crippen LogP contribution in [0.25, 0.3) is 0 Å². The van der Waals surface area contributed by atoms with Crippen LogP contribution in [-0.2, 0) is 4.79 Å². The number of halogens is 1. The lowest BCUT2D eigenvalue weighted by atomic mass is 10.0. The SMILES string of the molecule is CN1C(=O)CN=C(c2ccccc2)c2cc(Cl)sc21. The fraction of sp³-hybridized carbons (Fsp3) is 0.143. The molecule has 0 saturated carbocycles. The molecular formula is C14H11ClN2OS. The Morgan fingerprint density at radius 1 is 1.32 bits per heavy atom. The summed E-state index contributed by atoms with van der Waals surface area (Å²) in [7, 11) is 1.76. The Labute approximate surface area is 120 Å². The van der Waals surface area contributed by atoms with Gasteiger partial charge in [0.05, 0.1) is 10.0 Å². The Bertz CT molecular complexity index is 663. The molecule has 0 unspecified atom stereocenters. The molecule has 2 heterocycles. The minimum Gasteiger partial charge on any atom is -0.305 e. The molecule has 96 valence electrons. The largest absolute Gasteiger partial charge is 0.305 e. The van der Waals surface area contributed by atoms with Crippen molar-refractivity contribution < 1.29 is 4.79 Å². The summed E-state index contributed by atoms with van der Waals surface area (Å²) in [5, 5.41) is 0.857. The third-order valence-corrected chi connectivity index (χ3v) is 4.38. The van der Waals surface area contributed by atoms with Gasteiger partial charge in [0.1, 0.15) is 11.5 Å². The molecule has 0 atom stereocenters. The van der Waals surface area contributed by atoms with Gasteiger partial charge in [-0.05, 0) is 6.07 Å². The molecule has 1 aromatic carbocycles. The number of fused-ring (bicyclic) bond motifs is 1. The molecule has 0 radical (unpaired) electrons. The van der Waals surface area contributed by atoms with Gasteiger partial charge in [-0.25, -0.2) is 0 Å². The van der Waals surface area contributed by atoms with Gasteiger partial charge in [0.25, 0.3) is 0 Å². The number of hydrogen-bond donors (Lipinski definition) is 0. The van der Waals surface area contributed by atoms with Gasteiger partial charge in [-0.3, -0.25) is 9.79 Å². The Hall–Kier alpha value is -1.65. The average Bonchev–Trinajstić information content (AvgIpc) is 2.76. The highest BCUT2D eigenvalue weighted by Gasteiger charge is 2.24. The monoisotopic (exact) mass is 290 g/mol. The maximum absolute atomic E-state index is 11.9. The molecule has 0 saturated heterocycles. The van der Waals surface area contributed by atoms with E-state index in [9.17, 15) is 4.79 Å². The summed E-state index contributed by atoms with van der Waals surface area (Å²) >= 11 is 7.50. The predicted octanol–water partition coefficient (Wildman–Crippen LogP) is 3.22. The van der Waals surface area contributed by atoms with Crippen molar-refractivity contribution in [2.75, 3.05) is 18.5 Å². The topological polar surface area (TPSA) is 32.7 Å². The van der Waals surface area contributed by atoms with Crippen molar-refractivity contribution in [1.29, 1.82) is 0 Å². The fourth-order valence-corrected chi connectivity index (χ4v) is 3.26. The van der Waals surface area contributed by atoms with Crippen molar-refractivity contribution in [3.8, 4) is 0 Å². The van der Waals surface area contributed by atoms with E-state index in [1.54, 1.807) is 11.9 Å². The van der Waals surface area contributed by atoms with E-state index in [0.717, 1.165) is 21.8 Å². The Morgan fingerprint density at radius 2 is 2.05 bits per heavy atom. The number of rotatable bonds is 1. The van der Waals surface area contributed by atoms with Crippen LogP contribution in [0.1, 0.15) is 11.1 Å². The maximum Gasteiger partial charge on any atom is 0.249 e. The van der Waals surface area contributed by atoms with Gasteiger partial charge in [0.2, 0.25) is 5.91 Å². The molecule has 1 aromatic heterocycles. The lowest BCUT2D eigenvalue weighted by molar-refractivity contribution is -0.116. The van der Waals surface area contributed by atoms with Gasteiger partial charge < -0.3 is 4.90 Å². The van der Waals surface area contributed by atoms with Gasteiger partial charge in [-0.1, -0.05) is 41.9 Å². The molecule has 0 fully saturated rings. The van der Waals surface area contributed by atoms with Crippen molar-refractivity contribution >= 4 is 39.6 Å². The van der Waals surface area contributed by atoms with E-state index < -0.39 is 0 Å². The highest BCUT2D eigenvalue weighted by Crippen LogP contribution is 2.37. The van der Waals surface area contributed by atoms with Crippen molar-refractivity contribution in [3.63, 3.8) is 0 Å². The molecule has 1 amide bonds. The molecule has 1 aliphatic heterocycles. The zero-order chi connectivity index (χ0) is 13.4. The molecule has 0 spiro atoms. The fourth-order valence-electron chi connectivity index (χ4n) is 2.06. The second-order valence-electron chi connectivity index (χ2n) is 4.25. The van der Waals surface area contributed by atoms with Crippen LogP contribution in [0.5, 0.6) is 0 Å². The van der Waals surface area contributed by atoms with Crippen LogP contribution in [0, 0.1) is 0 Å². The zero-order valence-corrected chi connectivity index (χ0v) is 11.8. The number of amides is 1. The summed E-state index contributed by atoms with van der Waals surface area (Å²) in [6.45, 7) is 0.166.